The van der Waals surface area contributed by atoms with E-state index in [1.54, 1.807) is 5.56 Å². The second-order valence-electron chi connectivity index (χ2n) is 17.2. The number of hydrogen-bond acceptors (Lipinski definition) is 4. The summed E-state index contributed by atoms with van der Waals surface area (Å²) in [6.07, 6.45) is 6.85. The summed E-state index contributed by atoms with van der Waals surface area (Å²) in [6.45, 7) is 0. The first kappa shape index (κ1) is 32.2. The zero-order valence-corrected chi connectivity index (χ0v) is 32.3. The van der Waals surface area contributed by atoms with Gasteiger partial charge in [-0.3, -0.25) is 0 Å². The molecular weight excluding hydrogens is 711 g/mol. The fraction of sp³-hybridized carbons (Fsp3) is 0.189. The van der Waals surface area contributed by atoms with E-state index in [2.05, 4.69) is 146 Å². The topological polar surface area (TPSA) is 38.7 Å². The van der Waals surface area contributed by atoms with Gasteiger partial charge in [0.05, 0.1) is 0 Å². The van der Waals surface area contributed by atoms with Crippen molar-refractivity contribution in [3.8, 4) is 56.4 Å². The summed E-state index contributed by atoms with van der Waals surface area (Å²) >= 11 is 1.86. The second kappa shape index (κ2) is 12.0. The highest BCUT2D eigenvalue weighted by molar-refractivity contribution is 7.25. The molecule has 0 unspecified atom stereocenters. The van der Waals surface area contributed by atoms with E-state index in [-0.39, 0.29) is 5.41 Å². The van der Waals surface area contributed by atoms with Gasteiger partial charge >= 0.3 is 0 Å². The molecule has 1 spiro atoms. The standard InChI is InChI=1S/C53H39N3S/c1-2-8-34(9-3-1)50-54-51(35-16-14-33(15-17-35)38-18-21-44-43-12-6-7-13-48(43)57-49(44)30-38)56-52(55-50)39-19-20-42-45-27-36-10-4-5-11-37(36)28-47(45)53(46(42)29-39)40-23-31-22-32(25-40)26-41(53)24-31/h1-21,27-32,40-41H,22-26H2. The molecule has 272 valence electrons. The van der Waals surface area contributed by atoms with Gasteiger partial charge in [0, 0.05) is 42.3 Å². The number of nitrogens with zero attached hydrogens (tertiary/aromatic N) is 3. The lowest BCUT2D eigenvalue weighted by molar-refractivity contribution is -0.0398. The van der Waals surface area contributed by atoms with Gasteiger partial charge < -0.3 is 0 Å². The van der Waals surface area contributed by atoms with Crippen LogP contribution in [0.4, 0.5) is 0 Å². The van der Waals surface area contributed by atoms with E-state index in [0.29, 0.717) is 23.5 Å². The van der Waals surface area contributed by atoms with Gasteiger partial charge in [0.15, 0.2) is 17.5 Å². The Balaban J connectivity index is 0.943. The van der Waals surface area contributed by atoms with Crippen LogP contribution in [0, 0.1) is 23.7 Å². The lowest BCUT2D eigenvalue weighted by atomic mass is 9.43. The van der Waals surface area contributed by atoms with Crippen molar-refractivity contribution in [2.75, 3.05) is 0 Å². The maximum absolute atomic E-state index is 5.29. The minimum Gasteiger partial charge on any atom is -0.208 e. The summed E-state index contributed by atoms with van der Waals surface area (Å²) in [5.41, 5.74) is 11.4. The van der Waals surface area contributed by atoms with Gasteiger partial charge in [-0.05, 0) is 130 Å². The third kappa shape index (κ3) is 4.74. The quantitative estimate of drug-likeness (QED) is 0.180. The minimum atomic E-state index is 0.0466. The molecule has 14 rings (SSSR count). The van der Waals surface area contributed by atoms with Crippen molar-refractivity contribution < 1.29 is 0 Å². The van der Waals surface area contributed by atoms with Gasteiger partial charge in [0.2, 0.25) is 0 Å². The molecule has 0 saturated heterocycles. The molecule has 0 amide bonds. The highest BCUT2D eigenvalue weighted by Gasteiger charge is 2.61. The van der Waals surface area contributed by atoms with Gasteiger partial charge in [0.25, 0.3) is 0 Å². The maximum Gasteiger partial charge on any atom is 0.164 e. The van der Waals surface area contributed by atoms with E-state index in [1.807, 2.05) is 17.4 Å². The molecule has 5 aliphatic rings. The second-order valence-corrected chi connectivity index (χ2v) is 18.3. The van der Waals surface area contributed by atoms with Gasteiger partial charge in [-0.1, -0.05) is 121 Å². The normalized spacial score (nSPS) is 22.8. The van der Waals surface area contributed by atoms with E-state index in [9.17, 15) is 0 Å². The van der Waals surface area contributed by atoms with Gasteiger partial charge in [-0.25, -0.2) is 15.0 Å². The van der Waals surface area contributed by atoms with Crippen LogP contribution < -0.4 is 0 Å². The summed E-state index contributed by atoms with van der Waals surface area (Å²) in [6, 6.07) is 55.9. The first-order valence-electron chi connectivity index (χ1n) is 20.7. The molecular formula is C53H39N3S. The Kier molecular flexibility index (Phi) is 6.78. The van der Waals surface area contributed by atoms with E-state index in [4.69, 9.17) is 15.0 Å². The summed E-state index contributed by atoms with van der Waals surface area (Å²) in [5, 5.41) is 5.33. The Bertz CT molecular complexity index is 3060. The van der Waals surface area contributed by atoms with Crippen LogP contribution in [0.5, 0.6) is 0 Å². The first-order chi connectivity index (χ1) is 28.2. The Hall–Kier alpha value is -5.97. The molecule has 3 nitrogen and oxygen atoms in total. The number of fused-ring (bicyclic) bond motifs is 7. The SMILES string of the molecule is c1ccc(-c2nc(-c3ccc(-c4ccc5c(c4)sc4ccccc45)cc3)nc(-c3ccc4c(c3)C3(c5cc6ccccc6cc5-4)C4CC5CC(C4)CC3C5)n2)cc1. The lowest BCUT2D eigenvalue weighted by Gasteiger charge is -2.61. The Morgan fingerprint density at radius 1 is 0.404 bits per heavy atom. The monoisotopic (exact) mass is 749 g/mol. The van der Waals surface area contributed by atoms with Crippen LogP contribution in [0.1, 0.15) is 43.2 Å². The van der Waals surface area contributed by atoms with Crippen LogP contribution in [0.25, 0.3) is 87.4 Å². The number of benzene rings is 7. The molecule has 0 aliphatic heterocycles. The Labute approximate surface area is 336 Å². The van der Waals surface area contributed by atoms with E-state index in [1.165, 1.54) is 90.9 Å². The molecule has 7 aromatic carbocycles. The zero-order valence-electron chi connectivity index (χ0n) is 31.5. The molecule has 9 aromatic rings. The Morgan fingerprint density at radius 2 is 0.965 bits per heavy atom. The van der Waals surface area contributed by atoms with Crippen LogP contribution >= 0.6 is 11.3 Å². The van der Waals surface area contributed by atoms with Gasteiger partial charge in [0.1, 0.15) is 0 Å². The first-order valence-corrected chi connectivity index (χ1v) is 21.5. The van der Waals surface area contributed by atoms with Crippen LogP contribution in [0.3, 0.4) is 0 Å². The molecule has 2 heterocycles. The summed E-state index contributed by atoms with van der Waals surface area (Å²) in [5.74, 6) is 5.27. The molecule has 4 heteroatoms. The largest absolute Gasteiger partial charge is 0.208 e. The third-order valence-electron chi connectivity index (χ3n) is 14.3. The van der Waals surface area contributed by atoms with Crippen LogP contribution in [0.15, 0.2) is 152 Å². The summed E-state index contributed by atoms with van der Waals surface area (Å²) < 4.78 is 2.64. The van der Waals surface area contributed by atoms with Crippen molar-refractivity contribution in [1.29, 1.82) is 0 Å². The van der Waals surface area contributed by atoms with Crippen molar-refractivity contribution >= 4 is 42.3 Å². The fourth-order valence-electron chi connectivity index (χ4n) is 12.1. The number of hydrogen-bond donors (Lipinski definition) is 0. The zero-order chi connectivity index (χ0) is 37.2. The van der Waals surface area contributed by atoms with Crippen molar-refractivity contribution in [2.45, 2.75) is 37.5 Å². The highest BCUT2D eigenvalue weighted by Crippen LogP contribution is 2.69. The average molecular weight is 750 g/mol. The number of thiophene rings is 1. The van der Waals surface area contributed by atoms with Crippen molar-refractivity contribution in [3.63, 3.8) is 0 Å². The van der Waals surface area contributed by atoms with Crippen molar-refractivity contribution in [1.82, 2.24) is 15.0 Å². The summed E-state index contributed by atoms with van der Waals surface area (Å²) in [7, 11) is 0. The molecule has 57 heavy (non-hydrogen) atoms. The van der Waals surface area contributed by atoms with Crippen molar-refractivity contribution in [3.05, 3.63) is 163 Å². The summed E-state index contributed by atoms with van der Waals surface area (Å²) in [4.78, 5) is 15.7. The molecule has 4 bridgehead atoms. The number of rotatable bonds is 4. The van der Waals surface area contributed by atoms with E-state index >= 15 is 0 Å². The predicted octanol–water partition coefficient (Wildman–Crippen LogP) is 13.8. The average Bonchev–Trinajstić information content (AvgIpc) is 3.77. The Morgan fingerprint density at radius 3 is 1.72 bits per heavy atom. The fourth-order valence-corrected chi connectivity index (χ4v) is 13.2. The van der Waals surface area contributed by atoms with Crippen LogP contribution in [-0.4, -0.2) is 15.0 Å². The lowest BCUT2D eigenvalue weighted by Crippen LogP contribution is -2.55. The highest BCUT2D eigenvalue weighted by atomic mass is 32.1. The smallest absolute Gasteiger partial charge is 0.164 e. The van der Waals surface area contributed by atoms with Gasteiger partial charge in [-0.2, -0.15) is 0 Å². The predicted molar refractivity (Wildman–Crippen MR) is 235 cm³/mol. The maximum atomic E-state index is 5.29. The molecule has 5 aliphatic carbocycles. The molecule has 2 aromatic heterocycles. The number of aromatic nitrogens is 3. The van der Waals surface area contributed by atoms with Crippen LogP contribution in [0.2, 0.25) is 0 Å². The molecule has 0 atom stereocenters. The molecule has 4 saturated carbocycles. The van der Waals surface area contributed by atoms with E-state index < -0.39 is 0 Å². The molecule has 0 N–H and O–H groups in total. The molecule has 4 fully saturated rings. The van der Waals surface area contributed by atoms with E-state index in [0.717, 1.165) is 34.4 Å². The minimum absolute atomic E-state index is 0.0466. The third-order valence-corrected chi connectivity index (χ3v) is 15.4. The van der Waals surface area contributed by atoms with Crippen molar-refractivity contribution in [2.24, 2.45) is 23.7 Å². The molecule has 0 radical (unpaired) electrons. The van der Waals surface area contributed by atoms with Crippen LogP contribution in [-0.2, 0) is 5.41 Å². The van der Waals surface area contributed by atoms with Gasteiger partial charge in [-0.15, -0.1) is 11.3 Å².